The summed E-state index contributed by atoms with van der Waals surface area (Å²) in [4.78, 5) is 0. The molecule has 16 heavy (non-hydrogen) atoms. The molecular formula is C11H23FO4. The maximum atomic E-state index is 12.3. The first-order valence-corrected chi connectivity index (χ1v) is 5.64. The highest BCUT2D eigenvalue weighted by atomic mass is 19.1. The molecule has 0 bridgehead atoms. The fraction of sp³-hybridized carbons (Fsp3) is 1.00. The third-order valence-corrected chi connectivity index (χ3v) is 2.05. The van der Waals surface area contributed by atoms with Gasteiger partial charge in [0.25, 0.3) is 0 Å². The minimum absolute atomic E-state index is 0.0386. The zero-order chi connectivity index (χ0) is 12.6. The van der Waals surface area contributed by atoms with Crippen molar-refractivity contribution in [3.8, 4) is 0 Å². The van der Waals surface area contributed by atoms with Gasteiger partial charge in [-0.1, -0.05) is 0 Å². The molecule has 4 nitrogen and oxygen atoms in total. The summed E-state index contributed by atoms with van der Waals surface area (Å²) >= 11 is 0. The van der Waals surface area contributed by atoms with E-state index in [4.69, 9.17) is 19.3 Å². The Bertz CT molecular complexity index is 166. The number of rotatable bonds is 9. The van der Waals surface area contributed by atoms with Gasteiger partial charge in [-0.05, 0) is 27.7 Å². The normalized spacial score (nSPS) is 19.1. The van der Waals surface area contributed by atoms with Crippen molar-refractivity contribution in [2.75, 3.05) is 19.8 Å². The molecule has 5 heteroatoms. The Morgan fingerprint density at radius 1 is 1.00 bits per heavy atom. The van der Waals surface area contributed by atoms with E-state index in [-0.39, 0.29) is 18.8 Å². The number of hydrogen-bond acceptors (Lipinski definition) is 4. The van der Waals surface area contributed by atoms with Gasteiger partial charge in [0.15, 0.2) is 0 Å². The van der Waals surface area contributed by atoms with Crippen LogP contribution in [0.5, 0.6) is 0 Å². The Morgan fingerprint density at radius 3 is 2.00 bits per heavy atom. The largest absolute Gasteiger partial charge is 0.376 e. The molecule has 0 aromatic carbocycles. The molecule has 4 atom stereocenters. The molecule has 4 unspecified atom stereocenters. The SMILES string of the molecule is CCOC(C)COC(C)COC(C)C(O)F. The average Bonchev–Trinajstić information content (AvgIpc) is 2.23. The molecule has 0 aromatic heterocycles. The van der Waals surface area contributed by atoms with Crippen LogP contribution in [-0.4, -0.2) is 49.6 Å². The molecule has 0 rings (SSSR count). The minimum atomic E-state index is -1.95. The summed E-state index contributed by atoms with van der Waals surface area (Å²) in [5, 5.41) is 8.57. The van der Waals surface area contributed by atoms with Gasteiger partial charge in [-0.2, -0.15) is 0 Å². The van der Waals surface area contributed by atoms with Gasteiger partial charge in [-0.25, -0.2) is 4.39 Å². The lowest BCUT2D eigenvalue weighted by Crippen LogP contribution is -2.28. The molecular weight excluding hydrogens is 215 g/mol. The maximum Gasteiger partial charge on any atom is 0.222 e. The van der Waals surface area contributed by atoms with Crippen LogP contribution in [0.25, 0.3) is 0 Å². The molecule has 98 valence electrons. The lowest BCUT2D eigenvalue weighted by molar-refractivity contribution is -0.119. The van der Waals surface area contributed by atoms with E-state index < -0.39 is 12.5 Å². The van der Waals surface area contributed by atoms with Crippen molar-refractivity contribution < 1.29 is 23.7 Å². The molecule has 0 saturated carbocycles. The standard InChI is InChI=1S/C11H23FO4/c1-5-14-8(2)6-15-9(3)7-16-10(4)11(12)13/h8-11,13H,5-7H2,1-4H3. The number of alkyl halides is 1. The first-order valence-electron chi connectivity index (χ1n) is 5.64. The predicted octanol–water partition coefficient (Wildman–Crippen LogP) is 1.51. The Kier molecular flexibility index (Phi) is 8.74. The van der Waals surface area contributed by atoms with Gasteiger partial charge in [0.05, 0.1) is 25.4 Å². The van der Waals surface area contributed by atoms with Crippen LogP contribution in [0.3, 0.4) is 0 Å². The third kappa shape index (κ3) is 7.98. The Labute approximate surface area is 96.7 Å². The highest BCUT2D eigenvalue weighted by molar-refractivity contribution is 4.56. The molecule has 0 aliphatic heterocycles. The summed E-state index contributed by atoms with van der Waals surface area (Å²) in [6.07, 6.45) is -2.88. The third-order valence-electron chi connectivity index (χ3n) is 2.05. The average molecular weight is 238 g/mol. The number of hydrogen-bond donors (Lipinski definition) is 1. The lowest BCUT2D eigenvalue weighted by atomic mass is 10.3. The molecule has 0 aliphatic rings. The smallest absolute Gasteiger partial charge is 0.222 e. The lowest BCUT2D eigenvalue weighted by Gasteiger charge is -2.19. The topological polar surface area (TPSA) is 47.9 Å². The Hall–Kier alpha value is -0.230. The molecule has 0 aromatic rings. The molecule has 0 radical (unpaired) electrons. The summed E-state index contributed by atoms with van der Waals surface area (Å²) in [5.41, 5.74) is 0. The Balaban J connectivity index is 3.54. The molecule has 0 spiro atoms. The van der Waals surface area contributed by atoms with Gasteiger partial charge in [0, 0.05) is 6.61 Å². The van der Waals surface area contributed by atoms with E-state index in [1.165, 1.54) is 6.92 Å². The fourth-order valence-corrected chi connectivity index (χ4v) is 1.05. The summed E-state index contributed by atoms with van der Waals surface area (Å²) in [6, 6.07) is 0. The molecule has 0 fully saturated rings. The summed E-state index contributed by atoms with van der Waals surface area (Å²) < 4.78 is 28.1. The monoisotopic (exact) mass is 238 g/mol. The van der Waals surface area contributed by atoms with Gasteiger partial charge in [0.1, 0.15) is 6.10 Å². The highest BCUT2D eigenvalue weighted by Crippen LogP contribution is 2.03. The van der Waals surface area contributed by atoms with Crippen LogP contribution in [0.2, 0.25) is 0 Å². The number of aliphatic hydroxyl groups is 1. The zero-order valence-corrected chi connectivity index (χ0v) is 10.5. The number of aliphatic hydroxyl groups excluding tert-OH is 1. The van der Waals surface area contributed by atoms with Gasteiger partial charge in [-0.15, -0.1) is 0 Å². The number of halogens is 1. The van der Waals surface area contributed by atoms with E-state index in [1.54, 1.807) is 0 Å². The fourth-order valence-electron chi connectivity index (χ4n) is 1.05. The van der Waals surface area contributed by atoms with Crippen LogP contribution >= 0.6 is 0 Å². The van der Waals surface area contributed by atoms with E-state index in [0.29, 0.717) is 13.2 Å². The van der Waals surface area contributed by atoms with Gasteiger partial charge in [0.2, 0.25) is 6.36 Å². The summed E-state index contributed by atoms with van der Waals surface area (Å²) in [7, 11) is 0. The van der Waals surface area contributed by atoms with Crippen molar-refractivity contribution in [2.45, 2.75) is 52.4 Å². The van der Waals surface area contributed by atoms with E-state index in [2.05, 4.69) is 0 Å². The van der Waals surface area contributed by atoms with Crippen LogP contribution in [0.4, 0.5) is 4.39 Å². The summed E-state index contributed by atoms with van der Waals surface area (Å²) in [5.74, 6) is 0. The van der Waals surface area contributed by atoms with E-state index in [9.17, 15) is 4.39 Å². The predicted molar refractivity (Wildman–Crippen MR) is 59.0 cm³/mol. The molecule has 0 heterocycles. The number of ether oxygens (including phenoxy) is 3. The van der Waals surface area contributed by atoms with Crippen molar-refractivity contribution in [2.24, 2.45) is 0 Å². The zero-order valence-electron chi connectivity index (χ0n) is 10.5. The second kappa shape index (κ2) is 8.87. The van der Waals surface area contributed by atoms with Gasteiger partial charge in [-0.3, -0.25) is 0 Å². The van der Waals surface area contributed by atoms with Crippen molar-refractivity contribution in [3.05, 3.63) is 0 Å². The van der Waals surface area contributed by atoms with Crippen molar-refractivity contribution in [1.29, 1.82) is 0 Å². The van der Waals surface area contributed by atoms with E-state index in [0.717, 1.165) is 0 Å². The Morgan fingerprint density at radius 2 is 1.50 bits per heavy atom. The van der Waals surface area contributed by atoms with E-state index >= 15 is 0 Å². The quantitative estimate of drug-likeness (QED) is 0.661. The maximum absolute atomic E-state index is 12.3. The molecule has 0 amide bonds. The van der Waals surface area contributed by atoms with Crippen molar-refractivity contribution >= 4 is 0 Å². The van der Waals surface area contributed by atoms with Gasteiger partial charge < -0.3 is 19.3 Å². The molecule has 0 saturated heterocycles. The first-order chi connectivity index (χ1) is 7.47. The first kappa shape index (κ1) is 15.8. The van der Waals surface area contributed by atoms with Crippen molar-refractivity contribution in [3.63, 3.8) is 0 Å². The van der Waals surface area contributed by atoms with Crippen LogP contribution in [0.1, 0.15) is 27.7 Å². The second-order valence-electron chi connectivity index (χ2n) is 3.82. The highest BCUT2D eigenvalue weighted by Gasteiger charge is 2.14. The van der Waals surface area contributed by atoms with Crippen LogP contribution in [0, 0.1) is 0 Å². The van der Waals surface area contributed by atoms with Crippen LogP contribution < -0.4 is 0 Å². The summed E-state index contributed by atoms with van der Waals surface area (Å²) in [6.45, 7) is 8.53. The van der Waals surface area contributed by atoms with E-state index in [1.807, 2.05) is 20.8 Å². The second-order valence-corrected chi connectivity index (χ2v) is 3.82. The molecule has 1 N–H and O–H groups in total. The van der Waals surface area contributed by atoms with Gasteiger partial charge >= 0.3 is 0 Å². The van der Waals surface area contributed by atoms with Crippen molar-refractivity contribution in [1.82, 2.24) is 0 Å². The van der Waals surface area contributed by atoms with Crippen LogP contribution in [-0.2, 0) is 14.2 Å². The van der Waals surface area contributed by atoms with Crippen LogP contribution in [0.15, 0.2) is 0 Å². The molecule has 0 aliphatic carbocycles. The minimum Gasteiger partial charge on any atom is -0.376 e.